The number of carbonyl (C=O) groups excluding carboxylic acids is 1. The minimum atomic E-state index is -2.06. The molecule has 7 saturated heterocycles. The molecule has 0 aromatic heterocycles. The number of hydrogen-bond donors (Lipinski definition) is 21. The summed E-state index contributed by atoms with van der Waals surface area (Å²) in [5, 5.41) is 230. The molecule has 43 atom stereocenters. The highest BCUT2D eigenvalue weighted by atomic mass is 16.8. The Morgan fingerprint density at radius 2 is 0.935 bits per heavy atom. The Morgan fingerprint density at radius 3 is 1.52 bits per heavy atom. The van der Waals surface area contributed by atoms with Gasteiger partial charge in [0.25, 0.3) is 0 Å². The zero-order valence-corrected chi connectivity index (χ0v) is 61.3. The van der Waals surface area contributed by atoms with Gasteiger partial charge in [-0.2, -0.15) is 0 Å². The van der Waals surface area contributed by atoms with Gasteiger partial charge in [0.1, 0.15) is 153 Å². The van der Waals surface area contributed by atoms with E-state index in [1.807, 2.05) is 6.92 Å². The van der Waals surface area contributed by atoms with Crippen LogP contribution in [0.5, 0.6) is 0 Å². The quantitative estimate of drug-likeness (QED) is 0.0325. The first-order chi connectivity index (χ1) is 50.3. The molecule has 616 valence electrons. The van der Waals surface area contributed by atoms with E-state index in [9.17, 15) is 107 Å². The van der Waals surface area contributed by atoms with Crippen LogP contribution >= 0.6 is 0 Å². The zero-order chi connectivity index (χ0) is 78.0. The Balaban J connectivity index is 0.779. The number of ether oxygens (including phenoxy) is 14. The van der Waals surface area contributed by atoms with Crippen molar-refractivity contribution in [3.63, 3.8) is 0 Å². The van der Waals surface area contributed by atoms with E-state index in [2.05, 4.69) is 40.7 Å². The van der Waals surface area contributed by atoms with Crippen LogP contribution in [0.1, 0.15) is 120 Å². The third-order valence-corrected chi connectivity index (χ3v) is 27.4. The zero-order valence-electron chi connectivity index (χ0n) is 61.3. The fourth-order valence-corrected chi connectivity index (χ4v) is 20.4. The van der Waals surface area contributed by atoms with E-state index in [1.165, 1.54) is 13.8 Å². The van der Waals surface area contributed by atoms with Crippen LogP contribution in [0, 0.1) is 50.2 Å². The second-order valence-corrected chi connectivity index (χ2v) is 34.1. The molecule has 0 aromatic carbocycles. The first-order valence-corrected chi connectivity index (χ1v) is 37.7. The molecular formula is C71H116O36. The summed E-state index contributed by atoms with van der Waals surface area (Å²) in [5.41, 5.74) is -2.77. The minimum absolute atomic E-state index is 0.0215. The fraction of sp³-hybridized carbons (Fsp3) is 0.958. The van der Waals surface area contributed by atoms with Crippen LogP contribution in [0.15, 0.2) is 11.6 Å². The molecule has 36 nitrogen and oxygen atoms in total. The number of aliphatic hydroxyl groups is 21. The van der Waals surface area contributed by atoms with Crippen LogP contribution in [-0.2, 0) is 71.1 Å². The number of rotatable bonds is 19. The van der Waals surface area contributed by atoms with Gasteiger partial charge in [0.05, 0.1) is 63.4 Å². The fourth-order valence-electron chi connectivity index (χ4n) is 20.4. The highest BCUT2D eigenvalue weighted by molar-refractivity contribution is 5.79. The first kappa shape index (κ1) is 84.3. The van der Waals surface area contributed by atoms with Crippen LogP contribution in [0.3, 0.4) is 0 Å². The molecule has 0 bridgehead atoms. The number of hydrogen-bond acceptors (Lipinski definition) is 36. The maximum Gasteiger partial charge on any atom is 0.315 e. The Kier molecular flexibility index (Phi) is 25.3. The van der Waals surface area contributed by atoms with E-state index in [4.69, 9.17) is 66.3 Å². The van der Waals surface area contributed by atoms with Gasteiger partial charge in [0.2, 0.25) is 6.29 Å². The van der Waals surface area contributed by atoms with E-state index in [0.29, 0.717) is 64.2 Å². The van der Waals surface area contributed by atoms with Crippen molar-refractivity contribution in [2.45, 2.75) is 335 Å². The van der Waals surface area contributed by atoms with Crippen molar-refractivity contribution in [1.29, 1.82) is 0 Å². The third kappa shape index (κ3) is 14.8. The summed E-state index contributed by atoms with van der Waals surface area (Å²) in [7, 11) is 0. The predicted octanol–water partition coefficient (Wildman–Crippen LogP) is -6.90. The second-order valence-electron chi connectivity index (χ2n) is 34.1. The molecule has 0 aromatic rings. The van der Waals surface area contributed by atoms with Crippen LogP contribution in [0.4, 0.5) is 0 Å². The molecule has 21 N–H and O–H groups in total. The maximum absolute atomic E-state index is 15.3. The summed E-state index contributed by atoms with van der Waals surface area (Å²) in [6, 6.07) is 0. The molecule has 36 heteroatoms. The molecule has 7 aliphatic heterocycles. The van der Waals surface area contributed by atoms with E-state index in [0.717, 1.165) is 5.57 Å². The molecule has 0 spiro atoms. The lowest BCUT2D eigenvalue weighted by Gasteiger charge is -2.71. The van der Waals surface area contributed by atoms with E-state index >= 15 is 4.79 Å². The summed E-state index contributed by atoms with van der Waals surface area (Å²) in [4.78, 5) is 15.3. The standard InChI is InChI=1S/C71H116O36/c1-26-38(76)55(104-59-49(87)44(82)34(24-95-59)101-60-51(89)46(84)41(79)31(21-73)99-60)54(92)63(96-26)106-57-56(105-61-52(90)47(85)42(80)32(22-74)100-61)39(77)27(2)97-64(57)103-37-12-13-67(5)35(68(37,6)25-75)11-14-70(8)36(67)10-9-28-29-19-66(3,4)15-17-71(29,18-16-69(28,70)7)65(93)107-62-53(91)48(86)43(81)33(102-62)23-94-58-50(88)45(83)40(78)30(20-72)98-58/h9,26-27,29-64,72-92H,10-25H2,1-8H3/t26-,27-,29-,30+,31+,32+,33+,34+,35+,36+,37-,38-,39-,40+,41+,42+,43+,44-,45-,46-,47-,48-,49+,50+,51+,52+,53+,54+,55+,56+,57+,58+,59-,60-,61-,62-,63-,64-,67-,68-,69+,70+,71-/m0/s1. The van der Waals surface area contributed by atoms with Crippen LogP contribution < -0.4 is 0 Å². The van der Waals surface area contributed by atoms with Gasteiger partial charge in [-0.15, -0.1) is 0 Å². The highest BCUT2D eigenvalue weighted by Crippen LogP contribution is 2.76. The monoisotopic (exact) mass is 1540 g/mol. The van der Waals surface area contributed by atoms with E-state index in [1.54, 1.807) is 0 Å². The molecule has 7 heterocycles. The van der Waals surface area contributed by atoms with Gasteiger partial charge >= 0.3 is 5.97 Å². The summed E-state index contributed by atoms with van der Waals surface area (Å²) in [6.07, 6.45) is -52.2. The summed E-state index contributed by atoms with van der Waals surface area (Å²) in [5.74, 6) is -1.30. The maximum atomic E-state index is 15.3. The van der Waals surface area contributed by atoms with Crippen molar-refractivity contribution >= 4 is 5.97 Å². The number of carbonyl (C=O) groups is 1. The van der Waals surface area contributed by atoms with Crippen molar-refractivity contribution in [1.82, 2.24) is 0 Å². The number of allylic oxidation sites excluding steroid dienone is 2. The second kappa shape index (κ2) is 32.1. The third-order valence-electron chi connectivity index (χ3n) is 27.4. The molecule has 0 unspecified atom stereocenters. The Bertz CT molecular complexity index is 3030. The number of fused-ring (bicyclic) bond motifs is 7. The molecule has 12 rings (SSSR count). The lowest BCUT2D eigenvalue weighted by Crippen LogP contribution is -2.68. The lowest BCUT2D eigenvalue weighted by molar-refractivity contribution is -0.403. The van der Waals surface area contributed by atoms with Gasteiger partial charge < -0.3 is 174 Å². The Morgan fingerprint density at radius 1 is 0.449 bits per heavy atom. The highest BCUT2D eigenvalue weighted by Gasteiger charge is 2.71. The predicted molar refractivity (Wildman–Crippen MR) is 353 cm³/mol. The van der Waals surface area contributed by atoms with Crippen molar-refractivity contribution in [2.24, 2.45) is 50.2 Å². The average Bonchev–Trinajstić information content (AvgIpc) is 0.675. The van der Waals surface area contributed by atoms with Crippen LogP contribution in [0.2, 0.25) is 0 Å². The van der Waals surface area contributed by atoms with Crippen LogP contribution in [-0.4, -0.2) is 368 Å². The summed E-state index contributed by atoms with van der Waals surface area (Å²) >= 11 is 0. The van der Waals surface area contributed by atoms with Crippen LogP contribution in [0.25, 0.3) is 0 Å². The first-order valence-electron chi connectivity index (χ1n) is 37.7. The average molecular weight is 1550 g/mol. The van der Waals surface area contributed by atoms with Crippen molar-refractivity contribution in [3.05, 3.63) is 11.6 Å². The van der Waals surface area contributed by atoms with Gasteiger partial charge in [0.15, 0.2) is 37.7 Å². The molecular weight excluding hydrogens is 1430 g/mol. The SMILES string of the molecule is C[C@@H]1O[C@@H](O[C@H]2[C@H](O[C@H]3CC[C@@]4(C)[C@@H](CC[C@]5(C)[C@@H]4CC=C4[C@@H]6CC(C)(C)CC[C@]6(C(=O)O[C@@H]6O[C@H](CO[C@@H]7O[C@H](CO)[C@@H](O)[C@H](O)[C@H]7O)[C@@H](O)[C@H](O)[C@H]6O)CC[C@]45C)[C@]3(C)CO)O[C@@H](C)[C@H](O)[C@H]2O[C@@H]2O[C@H](CO)[C@@H](O)[C@H](O)[C@H]2O)[C@H](O)[C@H](O[C@@H]2OC[C@@H](O[C@@H]3O[C@H](CO)[C@@H](O)[C@H](O)[C@H]3O)[C@H](O)[C@H]2O)[C@H]1O. The molecule has 12 aliphatic rings. The van der Waals surface area contributed by atoms with Gasteiger partial charge in [-0.1, -0.05) is 53.2 Å². The molecule has 11 fully saturated rings. The largest absolute Gasteiger partial charge is 0.432 e. The van der Waals surface area contributed by atoms with Crippen molar-refractivity contribution < 1.29 is 178 Å². The summed E-state index contributed by atoms with van der Waals surface area (Å²) < 4.78 is 84.7. The molecule has 0 amide bonds. The summed E-state index contributed by atoms with van der Waals surface area (Å²) in [6.45, 7) is 12.0. The lowest BCUT2D eigenvalue weighted by atomic mass is 9.33. The number of aliphatic hydroxyl groups excluding tert-OH is 21. The van der Waals surface area contributed by atoms with Crippen molar-refractivity contribution in [3.8, 4) is 0 Å². The van der Waals surface area contributed by atoms with Gasteiger partial charge in [0, 0.05) is 5.41 Å². The van der Waals surface area contributed by atoms with E-state index in [-0.39, 0.29) is 23.2 Å². The van der Waals surface area contributed by atoms with Gasteiger partial charge in [-0.3, -0.25) is 4.79 Å². The number of esters is 1. The molecule has 0 radical (unpaired) electrons. The van der Waals surface area contributed by atoms with Gasteiger partial charge in [-0.05, 0) is 117 Å². The molecule has 4 saturated carbocycles. The Labute approximate surface area is 618 Å². The smallest absolute Gasteiger partial charge is 0.315 e. The van der Waals surface area contributed by atoms with Gasteiger partial charge in [-0.25, -0.2) is 0 Å². The Hall–Kier alpha value is -2.15. The van der Waals surface area contributed by atoms with E-state index < -0.39 is 288 Å². The molecule has 5 aliphatic carbocycles. The minimum Gasteiger partial charge on any atom is -0.432 e. The molecule has 107 heavy (non-hydrogen) atoms. The topological polar surface area (TPSA) is 571 Å². The van der Waals surface area contributed by atoms with Crippen molar-refractivity contribution in [2.75, 3.05) is 39.6 Å². The normalized spacial score (nSPS) is 55.1.